The quantitative estimate of drug-likeness (QED) is 0.116. The number of nitrogens with two attached hydrogens (primary N) is 1. The van der Waals surface area contributed by atoms with Crippen LogP contribution in [-0.2, 0) is 32.0 Å². The molecule has 15 heteroatoms. The number of carbonyl (C=O) groups excluding carboxylic acids is 4. The molecule has 2 aromatic rings. The molecule has 0 saturated heterocycles. The number of esters is 3. The van der Waals surface area contributed by atoms with E-state index in [9.17, 15) is 42.3 Å². The minimum atomic E-state index is -5.47. The number of anilines is 1. The van der Waals surface area contributed by atoms with Gasteiger partial charge in [0.05, 0.1) is 12.0 Å². The second-order valence-corrected chi connectivity index (χ2v) is 8.26. The van der Waals surface area contributed by atoms with Crippen LogP contribution in [0.25, 0.3) is 0 Å². The molecule has 1 atom stereocenters. The minimum absolute atomic E-state index is 0.0218. The molecule has 1 aliphatic rings. The number of halogens is 3. The molecule has 0 unspecified atom stereocenters. The molecule has 39 heavy (non-hydrogen) atoms. The Labute approximate surface area is 217 Å². The summed E-state index contributed by atoms with van der Waals surface area (Å²) in [6.07, 6.45) is -5.79. The van der Waals surface area contributed by atoms with Crippen LogP contribution in [0.1, 0.15) is 44.7 Å². The van der Waals surface area contributed by atoms with Gasteiger partial charge in [0.15, 0.2) is 5.96 Å². The molecule has 0 fully saturated rings. The van der Waals surface area contributed by atoms with E-state index in [-0.39, 0.29) is 34.8 Å². The Kier molecular flexibility index (Phi) is 8.53. The molecule has 2 aromatic carbocycles. The van der Waals surface area contributed by atoms with E-state index in [4.69, 9.17) is 15.9 Å². The van der Waals surface area contributed by atoms with Crippen molar-refractivity contribution < 1.29 is 51.7 Å². The van der Waals surface area contributed by atoms with Gasteiger partial charge in [0, 0.05) is 16.8 Å². The number of nitrogens with one attached hydrogen (secondary N) is 3. The van der Waals surface area contributed by atoms with Crippen molar-refractivity contribution in [2.45, 2.75) is 37.9 Å². The highest BCUT2D eigenvalue weighted by Gasteiger charge is 2.43. The lowest BCUT2D eigenvalue weighted by Crippen LogP contribution is -2.43. The monoisotopic (exact) mass is 550 g/mol. The van der Waals surface area contributed by atoms with Crippen molar-refractivity contribution in [2.24, 2.45) is 5.73 Å². The summed E-state index contributed by atoms with van der Waals surface area (Å²) in [5, 5.41) is 21.4. The number of amides is 1. The number of carboxylic acid groups (broad SMARTS) is 1. The van der Waals surface area contributed by atoms with Crippen molar-refractivity contribution >= 4 is 41.4 Å². The Morgan fingerprint density at radius 3 is 2.51 bits per heavy atom. The van der Waals surface area contributed by atoms with Gasteiger partial charge in [-0.3, -0.25) is 15.0 Å². The Morgan fingerprint density at radius 2 is 1.87 bits per heavy atom. The topological polar surface area (TPSA) is 198 Å². The molecule has 1 amide bonds. The molecule has 12 nitrogen and oxygen atoms in total. The fourth-order valence-electron chi connectivity index (χ4n) is 3.78. The van der Waals surface area contributed by atoms with E-state index in [1.165, 1.54) is 30.3 Å². The molecule has 0 aromatic heterocycles. The average Bonchev–Trinajstić information content (AvgIpc) is 2.89. The number of carboxylic acids is 1. The summed E-state index contributed by atoms with van der Waals surface area (Å²) in [7, 11) is 0. The molecule has 0 radical (unpaired) electrons. The van der Waals surface area contributed by atoms with Gasteiger partial charge in [-0.1, -0.05) is 6.07 Å². The molecule has 206 valence electrons. The fraction of sp³-hybridized carbons (Fsp3) is 0.250. The summed E-state index contributed by atoms with van der Waals surface area (Å²) in [6.45, 7) is 0. The van der Waals surface area contributed by atoms with E-state index in [0.717, 1.165) is 0 Å². The molecule has 1 aliphatic heterocycles. The number of alkyl halides is 3. The molecule has 0 bridgehead atoms. The first-order chi connectivity index (χ1) is 18.3. The van der Waals surface area contributed by atoms with Crippen molar-refractivity contribution in [1.29, 1.82) is 5.41 Å². The van der Waals surface area contributed by atoms with Crippen molar-refractivity contribution in [1.82, 2.24) is 5.32 Å². The predicted molar refractivity (Wildman–Crippen MR) is 126 cm³/mol. The van der Waals surface area contributed by atoms with Crippen LogP contribution in [0.5, 0.6) is 5.75 Å². The molecular formula is C24H21F3N4O8. The molecular weight excluding hydrogens is 529 g/mol. The van der Waals surface area contributed by atoms with Gasteiger partial charge < -0.3 is 30.9 Å². The Balaban J connectivity index is 1.81. The normalized spacial score (nSPS) is 13.7. The maximum atomic E-state index is 13.0. The van der Waals surface area contributed by atoms with Gasteiger partial charge in [0.25, 0.3) is 5.91 Å². The molecule has 6 N–H and O–H groups in total. The molecule has 0 spiro atoms. The number of aryl methyl sites for hydroxylation is 1. The van der Waals surface area contributed by atoms with Crippen LogP contribution in [0.3, 0.4) is 0 Å². The fourth-order valence-corrected chi connectivity index (χ4v) is 3.78. The minimum Gasteiger partial charge on any atom is -0.480 e. The third-order valence-electron chi connectivity index (χ3n) is 5.47. The van der Waals surface area contributed by atoms with E-state index >= 15 is 0 Å². The molecule has 0 aliphatic carbocycles. The lowest BCUT2D eigenvalue weighted by atomic mass is 9.97. The molecule has 1 heterocycles. The number of rotatable bonds is 6. The lowest BCUT2D eigenvalue weighted by Gasteiger charge is -2.17. The van der Waals surface area contributed by atoms with Crippen LogP contribution >= 0.6 is 0 Å². The van der Waals surface area contributed by atoms with Crippen molar-refractivity contribution in [2.75, 3.05) is 5.32 Å². The summed E-state index contributed by atoms with van der Waals surface area (Å²) in [5.74, 6) is -8.44. The highest BCUT2D eigenvalue weighted by Crippen LogP contribution is 2.29. The number of hydrogen-bond acceptors (Lipinski definition) is 8. The van der Waals surface area contributed by atoms with Gasteiger partial charge >= 0.3 is 30.1 Å². The van der Waals surface area contributed by atoms with Gasteiger partial charge in [-0.15, -0.1) is 0 Å². The maximum absolute atomic E-state index is 13.0. The zero-order valence-corrected chi connectivity index (χ0v) is 19.9. The summed E-state index contributed by atoms with van der Waals surface area (Å²) >= 11 is 0. The smallest absolute Gasteiger partial charge is 0.480 e. The standard InChI is InChI=1S/C24H21F3N4O8/c25-24(26,27)22(37)39-18(32)10-16(20(34)35)31-19(33)15-5-2-6-17-14(15)4-1-3-11-9-12(30-23(28)29)7-8-13(11)21(36)38-17/h2,5-9,16H,1,3-4,10H2,(H,31,33)(H,34,35)(H4,28,29,30)/t16-/m0/s1. The van der Waals surface area contributed by atoms with Crippen molar-refractivity contribution in [3.63, 3.8) is 0 Å². The predicted octanol–water partition coefficient (Wildman–Crippen LogP) is 1.91. The maximum Gasteiger partial charge on any atom is 0.491 e. The first kappa shape index (κ1) is 28.6. The highest BCUT2D eigenvalue weighted by molar-refractivity contribution is 6.00. The SMILES string of the molecule is N=C(N)Nc1ccc2c(c1)CCCc1c(cccc1C(=O)N[C@@H](CC(=O)OC(=O)C(F)(F)F)C(=O)O)OC2=O. The zero-order valence-electron chi connectivity index (χ0n) is 19.9. The first-order valence-corrected chi connectivity index (χ1v) is 11.2. The average molecular weight is 550 g/mol. The van der Waals surface area contributed by atoms with Crippen LogP contribution in [0.4, 0.5) is 18.9 Å². The van der Waals surface area contributed by atoms with E-state index in [1.807, 2.05) is 5.32 Å². The van der Waals surface area contributed by atoms with E-state index in [1.54, 1.807) is 6.07 Å². The Morgan fingerprint density at radius 1 is 1.15 bits per heavy atom. The van der Waals surface area contributed by atoms with Crippen LogP contribution in [0.15, 0.2) is 36.4 Å². The first-order valence-electron chi connectivity index (χ1n) is 11.2. The van der Waals surface area contributed by atoms with Gasteiger partial charge in [-0.25, -0.2) is 14.4 Å². The van der Waals surface area contributed by atoms with E-state index < -0.39 is 48.4 Å². The van der Waals surface area contributed by atoms with Crippen LogP contribution < -0.4 is 21.1 Å². The summed E-state index contributed by atoms with van der Waals surface area (Å²) in [6, 6.07) is 6.72. The Hall–Kier alpha value is -4.95. The van der Waals surface area contributed by atoms with E-state index in [0.29, 0.717) is 24.1 Å². The summed E-state index contributed by atoms with van der Waals surface area (Å²) in [4.78, 5) is 59.9. The number of fused-ring (bicyclic) bond motifs is 2. The van der Waals surface area contributed by atoms with Gasteiger partial charge in [0.2, 0.25) is 0 Å². The second-order valence-electron chi connectivity index (χ2n) is 8.26. The summed E-state index contributed by atoms with van der Waals surface area (Å²) in [5.41, 5.74) is 6.80. The Bertz CT molecular complexity index is 1360. The molecule has 0 saturated carbocycles. The van der Waals surface area contributed by atoms with Crippen molar-refractivity contribution in [3.05, 3.63) is 58.7 Å². The van der Waals surface area contributed by atoms with Crippen LogP contribution in [-0.4, -0.2) is 53.1 Å². The van der Waals surface area contributed by atoms with Crippen LogP contribution in [0, 0.1) is 5.41 Å². The number of benzene rings is 2. The van der Waals surface area contributed by atoms with Crippen molar-refractivity contribution in [3.8, 4) is 5.75 Å². The third kappa shape index (κ3) is 7.30. The van der Waals surface area contributed by atoms with Gasteiger partial charge in [-0.2, -0.15) is 13.2 Å². The third-order valence-corrected chi connectivity index (χ3v) is 5.47. The van der Waals surface area contributed by atoms with Gasteiger partial charge in [0.1, 0.15) is 11.8 Å². The number of carbonyl (C=O) groups is 5. The van der Waals surface area contributed by atoms with Crippen LogP contribution in [0.2, 0.25) is 0 Å². The lowest BCUT2D eigenvalue weighted by molar-refractivity contribution is -0.202. The summed E-state index contributed by atoms with van der Waals surface area (Å²) < 4.78 is 46.0. The largest absolute Gasteiger partial charge is 0.491 e. The highest BCUT2D eigenvalue weighted by atomic mass is 19.4. The molecule has 3 rings (SSSR count). The second kappa shape index (κ2) is 11.6. The number of ether oxygens (including phenoxy) is 2. The van der Waals surface area contributed by atoms with Gasteiger partial charge in [-0.05, 0) is 55.2 Å². The van der Waals surface area contributed by atoms with E-state index in [2.05, 4.69) is 10.1 Å². The number of guanidine groups is 1. The zero-order chi connectivity index (χ0) is 28.9. The number of aliphatic carboxylic acids is 1. The number of hydrogen-bond donors (Lipinski definition) is 5.